The summed E-state index contributed by atoms with van der Waals surface area (Å²) >= 11 is 0. The summed E-state index contributed by atoms with van der Waals surface area (Å²) in [5.41, 5.74) is 3.04. The number of nitrogens with zero attached hydrogens (tertiary/aromatic N) is 2. The number of hydrogen-bond acceptors (Lipinski definition) is 2. The quantitative estimate of drug-likeness (QED) is 0.835. The maximum Gasteiger partial charge on any atom is 0.231 e. The molecule has 22 heavy (non-hydrogen) atoms. The lowest BCUT2D eigenvalue weighted by Crippen LogP contribution is -2.36. The molecule has 1 aliphatic heterocycles. The lowest BCUT2D eigenvalue weighted by Gasteiger charge is -2.37. The van der Waals surface area contributed by atoms with Crippen molar-refractivity contribution in [1.82, 2.24) is 0 Å². The molecule has 2 aromatic carbocycles. The molecule has 0 radical (unpaired) electrons. The van der Waals surface area contributed by atoms with Crippen molar-refractivity contribution in [3.8, 4) is 0 Å². The van der Waals surface area contributed by atoms with Crippen LogP contribution in [0, 0.1) is 0 Å². The second-order valence-corrected chi connectivity index (χ2v) is 5.14. The Morgan fingerprint density at radius 1 is 0.682 bits per heavy atom. The predicted molar refractivity (Wildman–Crippen MR) is 87.8 cm³/mol. The summed E-state index contributed by atoms with van der Waals surface area (Å²) < 4.78 is 0. The maximum absolute atomic E-state index is 12.5. The van der Waals surface area contributed by atoms with Gasteiger partial charge in [0.25, 0.3) is 0 Å². The number of fused-ring (bicyclic) bond motifs is 2. The number of benzene rings is 2. The van der Waals surface area contributed by atoms with Crippen LogP contribution in [-0.2, 0) is 9.59 Å². The Bertz CT molecular complexity index is 630. The number of carbonyl (C=O) groups excluding carboxylic acids is 2. The first-order chi connectivity index (χ1) is 10.7. The minimum absolute atomic E-state index is 0.0171. The van der Waals surface area contributed by atoms with Gasteiger partial charge in [0.15, 0.2) is 0 Å². The lowest BCUT2D eigenvalue weighted by atomic mass is 10.1. The lowest BCUT2D eigenvalue weighted by molar-refractivity contribution is -0.118. The van der Waals surface area contributed by atoms with Crippen LogP contribution in [0.2, 0.25) is 0 Å². The molecule has 0 spiro atoms. The second kappa shape index (κ2) is 5.64. The fourth-order valence-corrected chi connectivity index (χ4v) is 2.80. The summed E-state index contributed by atoms with van der Waals surface area (Å²) in [4.78, 5) is 28.3. The largest absolute Gasteiger partial charge is 0.277 e. The molecule has 0 unspecified atom stereocenters. The van der Waals surface area contributed by atoms with Crippen molar-refractivity contribution < 1.29 is 9.59 Å². The summed E-state index contributed by atoms with van der Waals surface area (Å²) in [6.07, 6.45) is 0.814. The van der Waals surface area contributed by atoms with Gasteiger partial charge in [-0.3, -0.25) is 19.4 Å². The highest BCUT2D eigenvalue weighted by Gasteiger charge is 2.33. The molecule has 0 saturated carbocycles. The van der Waals surface area contributed by atoms with Crippen molar-refractivity contribution in [3.63, 3.8) is 0 Å². The zero-order valence-corrected chi connectivity index (χ0v) is 12.7. The van der Waals surface area contributed by atoms with E-state index in [0.29, 0.717) is 12.8 Å². The van der Waals surface area contributed by atoms with Crippen LogP contribution in [0.1, 0.15) is 26.7 Å². The van der Waals surface area contributed by atoms with Crippen LogP contribution in [0.15, 0.2) is 48.5 Å². The molecular formula is C18H18N2O2. The molecule has 0 atom stereocenters. The van der Waals surface area contributed by atoms with E-state index in [2.05, 4.69) is 0 Å². The van der Waals surface area contributed by atoms with Crippen molar-refractivity contribution in [2.75, 3.05) is 9.80 Å². The molecule has 4 nitrogen and oxygen atoms in total. The van der Waals surface area contributed by atoms with Crippen LogP contribution in [-0.4, -0.2) is 11.8 Å². The van der Waals surface area contributed by atoms with Gasteiger partial charge in [0, 0.05) is 12.8 Å². The van der Waals surface area contributed by atoms with Crippen molar-refractivity contribution in [2.24, 2.45) is 0 Å². The van der Waals surface area contributed by atoms with Crippen LogP contribution in [0.3, 0.4) is 0 Å². The Hall–Kier alpha value is -2.62. The third kappa shape index (κ3) is 2.08. The molecule has 0 aliphatic carbocycles. The van der Waals surface area contributed by atoms with Gasteiger partial charge in [0.05, 0.1) is 22.7 Å². The van der Waals surface area contributed by atoms with E-state index in [1.54, 1.807) is 9.80 Å². The molecule has 0 fully saturated rings. The number of anilines is 4. The van der Waals surface area contributed by atoms with Crippen molar-refractivity contribution >= 4 is 34.6 Å². The van der Waals surface area contributed by atoms with Gasteiger partial charge >= 0.3 is 0 Å². The van der Waals surface area contributed by atoms with Gasteiger partial charge in [-0.2, -0.15) is 0 Å². The number of para-hydroxylation sites is 4. The smallest absolute Gasteiger partial charge is 0.231 e. The number of hydrogen-bond donors (Lipinski definition) is 0. The SMILES string of the molecule is CCC(=O)N1c2ccccc2N(C(=O)CC)c2ccccc21. The average molecular weight is 294 g/mol. The standard InChI is InChI=1S/C18H18N2O2/c1-3-17(21)19-13-9-5-7-11-15(13)20(18(22)4-2)16-12-8-6-10-14(16)19/h5-12H,3-4H2,1-2H3. The predicted octanol–water partition coefficient (Wildman–Crippen LogP) is 4.15. The topological polar surface area (TPSA) is 40.6 Å². The molecule has 1 heterocycles. The molecule has 1 aliphatic rings. The summed E-state index contributed by atoms with van der Waals surface area (Å²) in [7, 11) is 0. The molecule has 2 amide bonds. The van der Waals surface area contributed by atoms with E-state index in [-0.39, 0.29) is 11.8 Å². The highest BCUT2D eigenvalue weighted by molar-refractivity contribution is 6.16. The Kier molecular flexibility index (Phi) is 3.67. The van der Waals surface area contributed by atoms with Crippen LogP contribution >= 0.6 is 0 Å². The van der Waals surface area contributed by atoms with Gasteiger partial charge in [0.2, 0.25) is 11.8 Å². The van der Waals surface area contributed by atoms with E-state index in [1.807, 2.05) is 62.4 Å². The van der Waals surface area contributed by atoms with E-state index < -0.39 is 0 Å². The van der Waals surface area contributed by atoms with E-state index in [4.69, 9.17) is 0 Å². The van der Waals surface area contributed by atoms with Gasteiger partial charge in [-0.1, -0.05) is 38.1 Å². The molecule has 2 aromatic rings. The first-order valence-corrected chi connectivity index (χ1v) is 7.53. The van der Waals surface area contributed by atoms with Gasteiger partial charge in [-0.05, 0) is 24.3 Å². The number of amides is 2. The van der Waals surface area contributed by atoms with Crippen LogP contribution < -0.4 is 9.80 Å². The zero-order valence-electron chi connectivity index (χ0n) is 12.7. The molecular weight excluding hydrogens is 276 g/mol. The highest BCUT2D eigenvalue weighted by Crippen LogP contribution is 2.48. The van der Waals surface area contributed by atoms with Crippen molar-refractivity contribution in [1.29, 1.82) is 0 Å². The van der Waals surface area contributed by atoms with Crippen LogP contribution in [0.25, 0.3) is 0 Å². The molecule has 3 rings (SSSR count). The molecule has 4 heteroatoms. The third-order valence-corrected chi connectivity index (χ3v) is 3.83. The zero-order chi connectivity index (χ0) is 15.7. The normalized spacial score (nSPS) is 12.6. The first-order valence-electron chi connectivity index (χ1n) is 7.53. The molecule has 0 bridgehead atoms. The summed E-state index contributed by atoms with van der Waals surface area (Å²) in [5.74, 6) is 0.0343. The van der Waals surface area contributed by atoms with Gasteiger partial charge in [-0.15, -0.1) is 0 Å². The first kappa shape index (κ1) is 14.3. The Morgan fingerprint density at radius 2 is 0.955 bits per heavy atom. The fraction of sp³-hybridized carbons (Fsp3) is 0.222. The average Bonchev–Trinajstić information content (AvgIpc) is 2.58. The van der Waals surface area contributed by atoms with Crippen molar-refractivity contribution in [2.45, 2.75) is 26.7 Å². The van der Waals surface area contributed by atoms with Gasteiger partial charge < -0.3 is 0 Å². The Labute approximate surface area is 130 Å². The Morgan fingerprint density at radius 3 is 1.18 bits per heavy atom. The Balaban J connectivity index is 2.28. The molecule has 0 aromatic heterocycles. The molecule has 112 valence electrons. The monoisotopic (exact) mass is 294 g/mol. The summed E-state index contributed by atoms with van der Waals surface area (Å²) in [6.45, 7) is 3.69. The van der Waals surface area contributed by atoms with Crippen molar-refractivity contribution in [3.05, 3.63) is 48.5 Å². The minimum atomic E-state index is 0.0171. The molecule has 0 N–H and O–H groups in total. The van der Waals surface area contributed by atoms with E-state index in [0.717, 1.165) is 22.7 Å². The van der Waals surface area contributed by atoms with Gasteiger partial charge in [-0.25, -0.2) is 0 Å². The minimum Gasteiger partial charge on any atom is -0.277 e. The fourth-order valence-electron chi connectivity index (χ4n) is 2.80. The van der Waals surface area contributed by atoms with Crippen LogP contribution in [0.4, 0.5) is 22.7 Å². The molecule has 0 saturated heterocycles. The van der Waals surface area contributed by atoms with E-state index in [1.165, 1.54) is 0 Å². The van der Waals surface area contributed by atoms with Gasteiger partial charge in [0.1, 0.15) is 0 Å². The number of rotatable bonds is 2. The third-order valence-electron chi connectivity index (χ3n) is 3.83. The number of carbonyl (C=O) groups is 2. The maximum atomic E-state index is 12.5. The van der Waals surface area contributed by atoms with E-state index >= 15 is 0 Å². The summed E-state index contributed by atoms with van der Waals surface area (Å²) in [6, 6.07) is 15.1. The second-order valence-electron chi connectivity index (χ2n) is 5.14. The summed E-state index contributed by atoms with van der Waals surface area (Å²) in [5, 5.41) is 0. The van der Waals surface area contributed by atoms with E-state index in [9.17, 15) is 9.59 Å². The highest BCUT2D eigenvalue weighted by atomic mass is 16.2. The van der Waals surface area contributed by atoms with Crippen LogP contribution in [0.5, 0.6) is 0 Å².